The van der Waals surface area contributed by atoms with E-state index >= 15 is 0 Å². The summed E-state index contributed by atoms with van der Waals surface area (Å²) in [4.78, 5) is 10.5. The highest BCUT2D eigenvalue weighted by Crippen LogP contribution is 2.21. The van der Waals surface area contributed by atoms with Crippen molar-refractivity contribution in [1.29, 1.82) is 0 Å². The van der Waals surface area contributed by atoms with Crippen molar-refractivity contribution < 1.29 is 14.6 Å². The second kappa shape index (κ2) is 5.72. The van der Waals surface area contributed by atoms with Crippen LogP contribution in [-0.2, 0) is 4.79 Å². The Kier molecular flexibility index (Phi) is 4.58. The minimum atomic E-state index is -1.02. The summed E-state index contributed by atoms with van der Waals surface area (Å²) in [7, 11) is 0. The van der Waals surface area contributed by atoms with Crippen LogP contribution < -0.4 is 10.5 Å². The molecule has 0 saturated heterocycles. The fourth-order valence-electron chi connectivity index (χ4n) is 1.19. The van der Waals surface area contributed by atoms with Crippen LogP contribution >= 0.6 is 11.6 Å². The topological polar surface area (TPSA) is 72.5 Å². The number of carbonyl (C=O) groups is 1. The van der Waals surface area contributed by atoms with Gasteiger partial charge in [0.25, 0.3) is 0 Å². The van der Waals surface area contributed by atoms with Gasteiger partial charge in [0.1, 0.15) is 11.8 Å². The number of benzene rings is 1. The van der Waals surface area contributed by atoms with E-state index in [1.165, 1.54) is 0 Å². The van der Waals surface area contributed by atoms with Crippen molar-refractivity contribution in [2.24, 2.45) is 5.73 Å². The lowest BCUT2D eigenvalue weighted by atomic mass is 10.2. The van der Waals surface area contributed by atoms with E-state index in [-0.39, 0.29) is 13.0 Å². The SMILES string of the molecule is Cc1cc(Cl)ccc1OCC[C@H](N)C(=O)O. The van der Waals surface area contributed by atoms with Gasteiger partial charge in [-0.05, 0) is 30.7 Å². The number of ether oxygens (including phenoxy) is 1. The zero-order chi connectivity index (χ0) is 12.1. The monoisotopic (exact) mass is 243 g/mol. The van der Waals surface area contributed by atoms with Crippen LogP contribution in [0.25, 0.3) is 0 Å². The van der Waals surface area contributed by atoms with Crippen molar-refractivity contribution in [1.82, 2.24) is 0 Å². The number of aryl methyl sites for hydroxylation is 1. The number of nitrogens with two attached hydrogens (primary N) is 1. The van der Waals surface area contributed by atoms with E-state index < -0.39 is 12.0 Å². The number of rotatable bonds is 5. The summed E-state index contributed by atoms with van der Waals surface area (Å²) in [5.41, 5.74) is 6.26. The molecule has 1 aromatic carbocycles. The highest BCUT2D eigenvalue weighted by molar-refractivity contribution is 6.30. The number of hydrogen-bond acceptors (Lipinski definition) is 3. The van der Waals surface area contributed by atoms with Crippen LogP contribution in [0.4, 0.5) is 0 Å². The fraction of sp³-hybridized carbons (Fsp3) is 0.364. The molecule has 0 saturated carbocycles. The third kappa shape index (κ3) is 3.72. The summed E-state index contributed by atoms with van der Waals surface area (Å²) in [6.07, 6.45) is 0.275. The van der Waals surface area contributed by atoms with Gasteiger partial charge in [-0.25, -0.2) is 0 Å². The molecule has 4 nitrogen and oxygen atoms in total. The van der Waals surface area contributed by atoms with E-state index in [4.69, 9.17) is 27.2 Å². The van der Waals surface area contributed by atoms with Gasteiger partial charge in [0, 0.05) is 11.4 Å². The summed E-state index contributed by atoms with van der Waals surface area (Å²) in [6, 6.07) is 4.38. The smallest absolute Gasteiger partial charge is 0.320 e. The van der Waals surface area contributed by atoms with Crippen LogP contribution in [-0.4, -0.2) is 23.7 Å². The first kappa shape index (κ1) is 12.8. The molecule has 0 aliphatic rings. The summed E-state index contributed by atoms with van der Waals surface area (Å²) in [5.74, 6) is -0.321. The third-order valence-corrected chi connectivity index (χ3v) is 2.38. The van der Waals surface area contributed by atoms with Crippen molar-refractivity contribution in [3.05, 3.63) is 28.8 Å². The molecule has 88 valence electrons. The normalized spacial score (nSPS) is 12.2. The van der Waals surface area contributed by atoms with E-state index in [9.17, 15) is 4.79 Å². The summed E-state index contributed by atoms with van der Waals surface area (Å²) in [6.45, 7) is 2.15. The number of carboxylic acids is 1. The van der Waals surface area contributed by atoms with Crippen molar-refractivity contribution in [3.63, 3.8) is 0 Å². The first-order valence-corrected chi connectivity index (χ1v) is 5.26. The number of carboxylic acid groups (broad SMARTS) is 1. The zero-order valence-electron chi connectivity index (χ0n) is 8.94. The molecule has 0 fully saturated rings. The van der Waals surface area contributed by atoms with E-state index in [1.54, 1.807) is 18.2 Å². The Morgan fingerprint density at radius 3 is 2.88 bits per heavy atom. The molecule has 1 atom stereocenters. The maximum atomic E-state index is 10.5. The van der Waals surface area contributed by atoms with Crippen LogP contribution in [0.1, 0.15) is 12.0 Å². The van der Waals surface area contributed by atoms with Gasteiger partial charge in [0.2, 0.25) is 0 Å². The quantitative estimate of drug-likeness (QED) is 0.828. The van der Waals surface area contributed by atoms with Gasteiger partial charge in [0.05, 0.1) is 6.61 Å². The summed E-state index contributed by atoms with van der Waals surface area (Å²) < 4.78 is 5.41. The molecule has 1 rings (SSSR count). The number of halogens is 1. The second-order valence-corrected chi connectivity index (χ2v) is 3.93. The van der Waals surface area contributed by atoms with Crippen LogP contribution in [0.5, 0.6) is 5.75 Å². The van der Waals surface area contributed by atoms with E-state index in [1.807, 2.05) is 6.92 Å². The minimum Gasteiger partial charge on any atom is -0.493 e. The summed E-state index contributed by atoms with van der Waals surface area (Å²) >= 11 is 5.79. The van der Waals surface area contributed by atoms with Crippen LogP contribution in [0.3, 0.4) is 0 Å². The molecule has 1 aromatic rings. The minimum absolute atomic E-state index is 0.274. The number of aliphatic carboxylic acids is 1. The van der Waals surface area contributed by atoms with Gasteiger partial charge in [-0.3, -0.25) is 4.79 Å². The van der Waals surface area contributed by atoms with Gasteiger partial charge in [0.15, 0.2) is 0 Å². The van der Waals surface area contributed by atoms with Gasteiger partial charge in [-0.15, -0.1) is 0 Å². The Labute approximate surface area is 99.0 Å². The molecule has 0 radical (unpaired) electrons. The lowest BCUT2D eigenvalue weighted by molar-refractivity contribution is -0.138. The predicted molar refractivity (Wildman–Crippen MR) is 61.9 cm³/mol. The van der Waals surface area contributed by atoms with Gasteiger partial charge in [-0.1, -0.05) is 11.6 Å². The Bertz CT molecular complexity index is 381. The highest BCUT2D eigenvalue weighted by Gasteiger charge is 2.11. The molecule has 0 unspecified atom stereocenters. The predicted octanol–water partition coefficient (Wildman–Crippen LogP) is 1.83. The largest absolute Gasteiger partial charge is 0.493 e. The van der Waals surface area contributed by atoms with Crippen molar-refractivity contribution in [2.45, 2.75) is 19.4 Å². The second-order valence-electron chi connectivity index (χ2n) is 3.49. The summed E-state index contributed by atoms with van der Waals surface area (Å²) in [5, 5.41) is 9.22. The zero-order valence-corrected chi connectivity index (χ0v) is 9.70. The molecule has 16 heavy (non-hydrogen) atoms. The first-order valence-electron chi connectivity index (χ1n) is 4.88. The lowest BCUT2D eigenvalue weighted by Crippen LogP contribution is -2.31. The molecule has 0 bridgehead atoms. The lowest BCUT2D eigenvalue weighted by Gasteiger charge is -2.10. The average Bonchev–Trinajstić information content (AvgIpc) is 2.20. The van der Waals surface area contributed by atoms with Crippen LogP contribution in [0, 0.1) is 6.92 Å². The van der Waals surface area contributed by atoms with Crippen molar-refractivity contribution >= 4 is 17.6 Å². The maximum absolute atomic E-state index is 10.5. The van der Waals surface area contributed by atoms with Gasteiger partial charge >= 0.3 is 5.97 Å². The molecule has 0 aliphatic heterocycles. The Balaban J connectivity index is 2.46. The Hall–Kier alpha value is -1.26. The van der Waals surface area contributed by atoms with Crippen molar-refractivity contribution in [2.75, 3.05) is 6.61 Å². The van der Waals surface area contributed by atoms with E-state index in [2.05, 4.69) is 0 Å². The molecule has 5 heteroatoms. The van der Waals surface area contributed by atoms with Gasteiger partial charge in [-0.2, -0.15) is 0 Å². The molecule has 0 aliphatic carbocycles. The van der Waals surface area contributed by atoms with E-state index in [0.29, 0.717) is 10.8 Å². The standard InChI is InChI=1S/C11H14ClNO3/c1-7-6-8(12)2-3-10(7)16-5-4-9(13)11(14)15/h2-3,6,9H,4-5,13H2,1H3,(H,14,15)/t9-/m0/s1. The molecule has 3 N–H and O–H groups in total. The molecular formula is C11H14ClNO3. The average molecular weight is 244 g/mol. The fourth-order valence-corrected chi connectivity index (χ4v) is 1.42. The number of hydrogen-bond donors (Lipinski definition) is 2. The molecule has 0 spiro atoms. The molecule has 0 aromatic heterocycles. The first-order chi connectivity index (χ1) is 7.50. The highest BCUT2D eigenvalue weighted by atomic mass is 35.5. The Morgan fingerprint density at radius 1 is 1.62 bits per heavy atom. The molecular weight excluding hydrogens is 230 g/mol. The molecule has 0 amide bonds. The molecule has 0 heterocycles. The van der Waals surface area contributed by atoms with E-state index in [0.717, 1.165) is 5.56 Å². The van der Waals surface area contributed by atoms with Crippen LogP contribution in [0.2, 0.25) is 5.02 Å². The van der Waals surface area contributed by atoms with Gasteiger partial charge < -0.3 is 15.6 Å². The van der Waals surface area contributed by atoms with Crippen LogP contribution in [0.15, 0.2) is 18.2 Å². The Morgan fingerprint density at radius 2 is 2.31 bits per heavy atom. The van der Waals surface area contributed by atoms with Crippen molar-refractivity contribution in [3.8, 4) is 5.75 Å². The third-order valence-electron chi connectivity index (χ3n) is 2.14. The maximum Gasteiger partial charge on any atom is 0.320 e.